The molecular formula is C11H17NOS. The van der Waals surface area contributed by atoms with Crippen molar-refractivity contribution in [3.63, 3.8) is 0 Å². The normalized spacial score (nSPS) is 27.7. The molecule has 1 fully saturated rings. The van der Waals surface area contributed by atoms with E-state index in [1.807, 2.05) is 6.92 Å². The van der Waals surface area contributed by atoms with Gasteiger partial charge in [0.05, 0.1) is 16.8 Å². The van der Waals surface area contributed by atoms with E-state index < -0.39 is 0 Å². The van der Waals surface area contributed by atoms with Gasteiger partial charge in [-0.15, -0.1) is 11.3 Å². The summed E-state index contributed by atoms with van der Waals surface area (Å²) < 4.78 is 0. The van der Waals surface area contributed by atoms with Crippen molar-refractivity contribution in [2.24, 2.45) is 11.8 Å². The maximum Gasteiger partial charge on any atom is 0.0956 e. The van der Waals surface area contributed by atoms with Gasteiger partial charge in [-0.3, -0.25) is 0 Å². The topological polar surface area (TPSA) is 33.1 Å². The summed E-state index contributed by atoms with van der Waals surface area (Å²) in [6, 6.07) is 0. The van der Waals surface area contributed by atoms with Gasteiger partial charge in [0.25, 0.3) is 0 Å². The van der Waals surface area contributed by atoms with Crippen molar-refractivity contribution in [3.8, 4) is 0 Å². The molecule has 1 aromatic heterocycles. The first kappa shape index (κ1) is 10.1. The molecule has 78 valence electrons. The van der Waals surface area contributed by atoms with Crippen molar-refractivity contribution in [2.75, 3.05) is 0 Å². The zero-order chi connectivity index (χ0) is 10.3. The lowest BCUT2D eigenvalue weighted by Gasteiger charge is -2.06. The molecule has 0 aromatic carbocycles. The van der Waals surface area contributed by atoms with Crippen molar-refractivity contribution < 1.29 is 5.11 Å². The van der Waals surface area contributed by atoms with Crippen LogP contribution in [0.15, 0.2) is 0 Å². The van der Waals surface area contributed by atoms with Gasteiger partial charge in [0.1, 0.15) is 0 Å². The summed E-state index contributed by atoms with van der Waals surface area (Å²) in [5.41, 5.74) is 1.11. The number of nitrogens with zero attached hydrogens (tertiary/aromatic N) is 1. The number of hydrogen-bond acceptors (Lipinski definition) is 3. The zero-order valence-corrected chi connectivity index (χ0v) is 9.77. The van der Waals surface area contributed by atoms with Crippen LogP contribution in [-0.2, 0) is 6.42 Å². The van der Waals surface area contributed by atoms with E-state index in [4.69, 9.17) is 0 Å². The van der Waals surface area contributed by atoms with E-state index in [0.29, 0.717) is 11.8 Å². The maximum absolute atomic E-state index is 9.88. The number of aliphatic hydroxyl groups excluding tert-OH is 1. The van der Waals surface area contributed by atoms with E-state index in [-0.39, 0.29) is 6.10 Å². The average molecular weight is 211 g/mol. The summed E-state index contributed by atoms with van der Waals surface area (Å²) in [6.45, 7) is 6.32. The van der Waals surface area contributed by atoms with Crippen LogP contribution < -0.4 is 0 Å². The summed E-state index contributed by atoms with van der Waals surface area (Å²) >= 11 is 1.72. The van der Waals surface area contributed by atoms with Crippen molar-refractivity contribution in [2.45, 2.75) is 39.7 Å². The fraction of sp³-hybridized carbons (Fsp3) is 0.727. The molecule has 1 N–H and O–H groups in total. The molecule has 2 nitrogen and oxygen atoms in total. The van der Waals surface area contributed by atoms with Crippen LogP contribution in [0.4, 0.5) is 0 Å². The smallest absolute Gasteiger partial charge is 0.0956 e. The van der Waals surface area contributed by atoms with Gasteiger partial charge in [0.2, 0.25) is 0 Å². The first-order valence-electron chi connectivity index (χ1n) is 5.19. The van der Waals surface area contributed by atoms with Gasteiger partial charge in [-0.05, 0) is 32.1 Å². The largest absolute Gasteiger partial charge is 0.392 e. The highest BCUT2D eigenvalue weighted by Gasteiger charge is 2.38. The highest BCUT2D eigenvalue weighted by Crippen LogP contribution is 2.41. The third-order valence-corrected chi connectivity index (χ3v) is 4.22. The lowest BCUT2D eigenvalue weighted by molar-refractivity contribution is 0.146. The van der Waals surface area contributed by atoms with E-state index in [2.05, 4.69) is 18.8 Å². The van der Waals surface area contributed by atoms with Gasteiger partial charge in [0.15, 0.2) is 0 Å². The monoisotopic (exact) mass is 211 g/mol. The first-order chi connectivity index (χ1) is 6.58. The molecule has 0 radical (unpaired) electrons. The molecule has 0 spiro atoms. The van der Waals surface area contributed by atoms with Gasteiger partial charge >= 0.3 is 0 Å². The minimum absolute atomic E-state index is 0.171. The Hall–Kier alpha value is -0.410. The minimum atomic E-state index is -0.171. The Morgan fingerprint density at radius 2 is 2.21 bits per heavy atom. The van der Waals surface area contributed by atoms with E-state index >= 15 is 0 Å². The molecule has 3 heteroatoms. The van der Waals surface area contributed by atoms with Crippen LogP contribution in [0.5, 0.6) is 0 Å². The summed E-state index contributed by atoms with van der Waals surface area (Å²) in [7, 11) is 0. The van der Waals surface area contributed by atoms with E-state index in [9.17, 15) is 5.11 Å². The molecule has 3 unspecified atom stereocenters. The molecular weight excluding hydrogens is 194 g/mol. The van der Waals surface area contributed by atoms with E-state index in [0.717, 1.165) is 17.1 Å². The Bertz CT molecular complexity index is 315. The van der Waals surface area contributed by atoms with Gasteiger partial charge in [-0.2, -0.15) is 0 Å². The quantitative estimate of drug-likeness (QED) is 0.832. The average Bonchev–Trinajstić information content (AvgIpc) is 2.74. The Balaban J connectivity index is 1.97. The highest BCUT2D eigenvalue weighted by molar-refractivity contribution is 7.11. The number of aryl methyl sites for hydroxylation is 2. The molecule has 1 aliphatic carbocycles. The molecule has 1 aliphatic rings. The molecule has 1 aromatic rings. The van der Waals surface area contributed by atoms with Crippen LogP contribution in [0.3, 0.4) is 0 Å². The van der Waals surface area contributed by atoms with Crippen LogP contribution in [0.2, 0.25) is 0 Å². The number of hydrogen-bond donors (Lipinski definition) is 1. The molecule has 1 saturated carbocycles. The highest BCUT2D eigenvalue weighted by atomic mass is 32.1. The van der Waals surface area contributed by atoms with Gasteiger partial charge < -0.3 is 5.11 Å². The zero-order valence-electron chi connectivity index (χ0n) is 8.95. The first-order valence-corrected chi connectivity index (χ1v) is 6.00. The maximum atomic E-state index is 9.88. The Morgan fingerprint density at radius 1 is 1.57 bits per heavy atom. The van der Waals surface area contributed by atoms with Crippen LogP contribution in [0, 0.1) is 25.7 Å². The molecule has 0 aliphatic heterocycles. The molecule has 14 heavy (non-hydrogen) atoms. The third kappa shape index (κ3) is 1.98. The van der Waals surface area contributed by atoms with E-state index in [1.165, 1.54) is 11.3 Å². The molecule has 0 bridgehead atoms. The molecule has 2 rings (SSSR count). The van der Waals surface area contributed by atoms with Gasteiger partial charge in [-0.25, -0.2) is 4.98 Å². The second kappa shape index (κ2) is 3.63. The Labute approximate surface area is 89.0 Å². The van der Waals surface area contributed by atoms with Crippen molar-refractivity contribution in [1.29, 1.82) is 0 Å². The van der Waals surface area contributed by atoms with Crippen molar-refractivity contribution >= 4 is 11.3 Å². The van der Waals surface area contributed by atoms with E-state index in [1.54, 1.807) is 11.3 Å². The summed E-state index contributed by atoms with van der Waals surface area (Å²) in [5, 5.41) is 11.0. The minimum Gasteiger partial charge on any atom is -0.392 e. The van der Waals surface area contributed by atoms with Gasteiger partial charge in [0, 0.05) is 11.3 Å². The molecule has 0 saturated heterocycles. The number of rotatable bonds is 3. The van der Waals surface area contributed by atoms with Gasteiger partial charge in [-0.1, -0.05) is 6.92 Å². The lowest BCUT2D eigenvalue weighted by atomic mass is 10.1. The van der Waals surface area contributed by atoms with Crippen molar-refractivity contribution in [1.82, 2.24) is 4.98 Å². The molecule has 3 atom stereocenters. The predicted molar refractivity (Wildman–Crippen MR) is 58.6 cm³/mol. The fourth-order valence-corrected chi connectivity index (χ4v) is 2.83. The number of thiazole rings is 1. The number of aliphatic hydroxyl groups is 1. The standard InChI is InChI=1S/C11H17NOS/c1-6-4-9(6)10(13)5-11-12-7(2)8(3)14-11/h6,9-10,13H,4-5H2,1-3H3. The second-order valence-corrected chi connectivity index (χ2v) is 5.69. The SMILES string of the molecule is Cc1nc(CC(O)C2CC2C)sc1C. The van der Waals surface area contributed by atoms with Crippen LogP contribution >= 0.6 is 11.3 Å². The molecule has 1 heterocycles. The third-order valence-electron chi connectivity index (χ3n) is 3.12. The Morgan fingerprint density at radius 3 is 2.64 bits per heavy atom. The van der Waals surface area contributed by atoms with Crippen LogP contribution in [0.1, 0.15) is 28.9 Å². The lowest BCUT2D eigenvalue weighted by Crippen LogP contribution is -2.13. The number of aromatic nitrogens is 1. The van der Waals surface area contributed by atoms with Crippen LogP contribution in [-0.4, -0.2) is 16.2 Å². The summed E-state index contributed by atoms with van der Waals surface area (Å²) in [4.78, 5) is 5.72. The second-order valence-electron chi connectivity index (χ2n) is 4.40. The Kier molecular flexibility index (Phi) is 2.62. The molecule has 0 amide bonds. The fourth-order valence-electron chi connectivity index (χ4n) is 1.84. The van der Waals surface area contributed by atoms with Crippen molar-refractivity contribution in [3.05, 3.63) is 15.6 Å². The predicted octanol–water partition coefficient (Wildman–Crippen LogP) is 2.32. The summed E-state index contributed by atoms with van der Waals surface area (Å²) in [6.07, 6.45) is 1.76. The summed E-state index contributed by atoms with van der Waals surface area (Å²) in [5.74, 6) is 1.24. The van der Waals surface area contributed by atoms with Crippen LogP contribution in [0.25, 0.3) is 0 Å².